The molecular weight excluding hydrogens is 610 g/mol. The van der Waals surface area contributed by atoms with E-state index in [0.29, 0.717) is 18.6 Å². The monoisotopic (exact) mass is 656 g/mol. The van der Waals surface area contributed by atoms with Crippen LogP contribution >= 0.6 is 0 Å². The van der Waals surface area contributed by atoms with Gasteiger partial charge in [-0.15, -0.1) is 0 Å². The highest BCUT2D eigenvalue weighted by Crippen LogP contribution is 2.45. The highest BCUT2D eigenvalue weighted by molar-refractivity contribution is 5.65. The lowest BCUT2D eigenvalue weighted by Gasteiger charge is -2.38. The Morgan fingerprint density at radius 1 is 0.723 bits per heavy atom. The van der Waals surface area contributed by atoms with Crippen molar-refractivity contribution in [3.05, 3.63) is 94.6 Å². The number of hydrogen-bond donors (Lipinski definition) is 0. The molecule has 2 aliphatic rings. The lowest BCUT2D eigenvalue weighted by molar-refractivity contribution is -0.189. The van der Waals surface area contributed by atoms with Crippen molar-refractivity contribution < 1.29 is 31.1 Å². The van der Waals surface area contributed by atoms with Gasteiger partial charge in [0.25, 0.3) is 0 Å². The van der Waals surface area contributed by atoms with Crippen molar-refractivity contribution in [2.45, 2.75) is 109 Å². The lowest BCUT2D eigenvalue weighted by Crippen LogP contribution is -2.25. The van der Waals surface area contributed by atoms with Crippen LogP contribution in [0.15, 0.2) is 54.6 Å². The Labute approximate surface area is 275 Å². The molecule has 0 amide bonds. The second kappa shape index (κ2) is 15.8. The Hall–Kier alpha value is -3.22. The van der Waals surface area contributed by atoms with Gasteiger partial charge in [-0.2, -0.15) is 8.78 Å². The Morgan fingerprint density at radius 3 is 1.98 bits per heavy atom. The number of unbranched alkanes of at least 4 members (excludes halogenated alkanes) is 2. The van der Waals surface area contributed by atoms with Gasteiger partial charge in [-0.3, -0.25) is 0 Å². The SMILES string of the molecule is CCC=Cc1ccc(OC(F)(F)c2c(F)cc(-c3ccc(C4CCC(C5CCC(CCCCC)CC5)CC4)cc3F)cc2F)cc1F. The summed E-state index contributed by atoms with van der Waals surface area (Å²) in [7, 11) is 0. The average molecular weight is 657 g/mol. The smallest absolute Gasteiger partial charge is 0.429 e. The molecule has 254 valence electrons. The highest BCUT2D eigenvalue weighted by atomic mass is 19.3. The normalized spacial score (nSPS) is 22.1. The first kappa shape index (κ1) is 35.1. The molecule has 0 N–H and O–H groups in total. The molecule has 0 aromatic heterocycles. The van der Waals surface area contributed by atoms with Gasteiger partial charge in [0.05, 0.1) is 0 Å². The zero-order chi connectivity index (χ0) is 33.6. The minimum Gasteiger partial charge on any atom is -0.429 e. The van der Waals surface area contributed by atoms with Crippen LogP contribution in [0, 0.1) is 41.0 Å². The first-order chi connectivity index (χ1) is 22.6. The van der Waals surface area contributed by atoms with Crippen LogP contribution in [0.1, 0.15) is 120 Å². The number of benzene rings is 3. The number of ether oxygens (including phenoxy) is 1. The third-order valence-corrected chi connectivity index (χ3v) is 10.4. The molecule has 0 aliphatic heterocycles. The molecule has 7 heteroatoms. The van der Waals surface area contributed by atoms with Crippen LogP contribution in [0.3, 0.4) is 0 Å². The maximum Gasteiger partial charge on any atom is 0.432 e. The first-order valence-electron chi connectivity index (χ1n) is 17.4. The van der Waals surface area contributed by atoms with E-state index >= 15 is 13.2 Å². The number of halogens is 6. The van der Waals surface area contributed by atoms with E-state index in [1.54, 1.807) is 12.1 Å². The van der Waals surface area contributed by atoms with Crippen LogP contribution in [0.4, 0.5) is 26.3 Å². The van der Waals surface area contributed by atoms with Crippen molar-refractivity contribution in [2.24, 2.45) is 17.8 Å². The van der Waals surface area contributed by atoms with Crippen molar-refractivity contribution in [3.63, 3.8) is 0 Å². The second-order valence-corrected chi connectivity index (χ2v) is 13.6. The van der Waals surface area contributed by atoms with E-state index in [-0.39, 0.29) is 22.6 Å². The van der Waals surface area contributed by atoms with Crippen LogP contribution in [-0.4, -0.2) is 0 Å². The third-order valence-electron chi connectivity index (χ3n) is 10.4. The van der Waals surface area contributed by atoms with Gasteiger partial charge >= 0.3 is 6.11 Å². The van der Waals surface area contributed by atoms with Crippen LogP contribution in [0.25, 0.3) is 17.2 Å². The fourth-order valence-electron chi connectivity index (χ4n) is 7.73. The number of alkyl halides is 2. The molecule has 0 atom stereocenters. The molecule has 0 heterocycles. The molecule has 0 bridgehead atoms. The molecule has 0 unspecified atom stereocenters. The van der Waals surface area contributed by atoms with Crippen molar-refractivity contribution in [1.29, 1.82) is 0 Å². The van der Waals surface area contributed by atoms with Crippen molar-refractivity contribution in [3.8, 4) is 16.9 Å². The fourth-order valence-corrected chi connectivity index (χ4v) is 7.73. The quantitative estimate of drug-likeness (QED) is 0.139. The second-order valence-electron chi connectivity index (χ2n) is 13.6. The first-order valence-corrected chi connectivity index (χ1v) is 17.4. The zero-order valence-electron chi connectivity index (χ0n) is 27.5. The Morgan fingerprint density at radius 2 is 1.38 bits per heavy atom. The topological polar surface area (TPSA) is 9.23 Å². The van der Waals surface area contributed by atoms with Crippen LogP contribution in [0.2, 0.25) is 0 Å². The summed E-state index contributed by atoms with van der Waals surface area (Å²) in [6.45, 7) is 4.11. The molecule has 0 radical (unpaired) electrons. The van der Waals surface area contributed by atoms with Crippen molar-refractivity contribution in [2.75, 3.05) is 0 Å². The summed E-state index contributed by atoms with van der Waals surface area (Å²) in [5, 5.41) is 0. The molecule has 3 aromatic carbocycles. The predicted octanol–water partition coefficient (Wildman–Crippen LogP) is 13.1. The summed E-state index contributed by atoms with van der Waals surface area (Å²) in [6.07, 6.45) is 14.3. The largest absolute Gasteiger partial charge is 0.432 e. The zero-order valence-corrected chi connectivity index (χ0v) is 27.5. The van der Waals surface area contributed by atoms with Gasteiger partial charge in [-0.05, 0) is 110 Å². The predicted molar refractivity (Wildman–Crippen MR) is 176 cm³/mol. The molecule has 3 aromatic rings. The van der Waals surface area contributed by atoms with Crippen LogP contribution < -0.4 is 4.74 Å². The Bertz CT molecular complexity index is 1490. The summed E-state index contributed by atoms with van der Waals surface area (Å²) in [5.74, 6) is -2.64. The maximum atomic E-state index is 15.4. The summed E-state index contributed by atoms with van der Waals surface area (Å²) >= 11 is 0. The van der Waals surface area contributed by atoms with Gasteiger partial charge in [0.15, 0.2) is 0 Å². The third kappa shape index (κ3) is 8.63. The van der Waals surface area contributed by atoms with Gasteiger partial charge in [0.2, 0.25) is 0 Å². The lowest BCUT2D eigenvalue weighted by atomic mass is 9.68. The molecule has 1 nitrogen and oxygen atoms in total. The Balaban J connectivity index is 1.21. The Kier molecular flexibility index (Phi) is 11.8. The molecule has 5 rings (SSSR count). The van der Waals surface area contributed by atoms with E-state index < -0.39 is 40.7 Å². The highest BCUT2D eigenvalue weighted by Gasteiger charge is 2.41. The minimum absolute atomic E-state index is 0.0792. The minimum atomic E-state index is -4.45. The van der Waals surface area contributed by atoms with Crippen LogP contribution in [-0.2, 0) is 6.11 Å². The van der Waals surface area contributed by atoms with Gasteiger partial charge in [0.1, 0.15) is 34.6 Å². The van der Waals surface area contributed by atoms with Crippen molar-refractivity contribution in [1.82, 2.24) is 0 Å². The number of allylic oxidation sites excluding steroid dienone is 1. The molecule has 0 spiro atoms. The average Bonchev–Trinajstić information content (AvgIpc) is 3.04. The van der Waals surface area contributed by atoms with E-state index in [2.05, 4.69) is 11.7 Å². The van der Waals surface area contributed by atoms with Crippen molar-refractivity contribution >= 4 is 6.08 Å². The summed E-state index contributed by atoms with van der Waals surface area (Å²) < 4.78 is 94.3. The molecule has 2 saturated carbocycles. The van der Waals surface area contributed by atoms with Crippen LogP contribution in [0.5, 0.6) is 5.75 Å². The number of rotatable bonds is 12. The molecular formula is C40H46F6O. The van der Waals surface area contributed by atoms with E-state index in [0.717, 1.165) is 61.1 Å². The molecule has 47 heavy (non-hydrogen) atoms. The molecule has 2 aliphatic carbocycles. The van der Waals surface area contributed by atoms with Gasteiger partial charge in [-0.25, -0.2) is 17.6 Å². The van der Waals surface area contributed by atoms with Gasteiger partial charge in [0, 0.05) is 17.2 Å². The van der Waals surface area contributed by atoms with Gasteiger partial charge < -0.3 is 4.74 Å². The van der Waals surface area contributed by atoms with Gasteiger partial charge in [-0.1, -0.05) is 76.7 Å². The summed E-state index contributed by atoms with van der Waals surface area (Å²) in [4.78, 5) is 0. The molecule has 2 fully saturated rings. The summed E-state index contributed by atoms with van der Waals surface area (Å²) in [5.41, 5.74) is -0.892. The maximum absolute atomic E-state index is 15.4. The summed E-state index contributed by atoms with van der Waals surface area (Å²) in [6, 6.07) is 9.08. The van der Waals surface area contributed by atoms with E-state index in [9.17, 15) is 13.2 Å². The van der Waals surface area contributed by atoms with E-state index in [1.165, 1.54) is 75.6 Å². The fraction of sp³-hybridized carbons (Fsp3) is 0.500. The van der Waals surface area contributed by atoms with E-state index in [4.69, 9.17) is 0 Å². The van der Waals surface area contributed by atoms with E-state index in [1.807, 2.05) is 6.92 Å². The standard InChI is InChI=1S/C40H46F6O/c1-3-5-7-8-26-10-12-27(13-11-26)28-14-16-29(17-15-28)31-19-21-34(36(42)22-31)32-23-37(43)39(38(44)24-32)40(45,46)47-33-20-18-30(9-6-4-2)35(41)25-33/h6,9,18-29H,3-5,7-8,10-17H2,1-2H3. The number of hydrogen-bond acceptors (Lipinski definition) is 1. The molecule has 0 saturated heterocycles.